The number of benzene rings is 2. The van der Waals surface area contributed by atoms with Crippen LogP contribution in [-0.2, 0) is 21.5 Å². The molecule has 2 atom stereocenters. The second-order valence-electron chi connectivity index (χ2n) is 8.65. The van der Waals surface area contributed by atoms with Crippen molar-refractivity contribution in [3.63, 3.8) is 0 Å². The Labute approximate surface area is 183 Å². The van der Waals surface area contributed by atoms with Gasteiger partial charge in [0.15, 0.2) is 5.78 Å². The minimum atomic E-state index is -0.867. The number of hydrogen-bond acceptors (Lipinski definition) is 2. The van der Waals surface area contributed by atoms with Crippen LogP contribution in [0.25, 0.3) is 0 Å². The first-order chi connectivity index (χ1) is 14.9. The second-order valence-corrected chi connectivity index (χ2v) is 8.65. The Morgan fingerprint density at radius 1 is 1.03 bits per heavy atom. The number of hydrogen-bond donors (Lipinski definition) is 1. The Hall–Kier alpha value is -3.21. The molecule has 160 valence electrons. The van der Waals surface area contributed by atoms with Gasteiger partial charge in [-0.2, -0.15) is 0 Å². The highest BCUT2D eigenvalue weighted by atomic mass is 16.1. The van der Waals surface area contributed by atoms with Crippen molar-refractivity contribution >= 4 is 11.7 Å². The van der Waals surface area contributed by atoms with Gasteiger partial charge in [-0.15, -0.1) is 0 Å². The summed E-state index contributed by atoms with van der Waals surface area (Å²) >= 11 is 0. The van der Waals surface area contributed by atoms with Gasteiger partial charge >= 0.3 is 0 Å². The highest BCUT2D eigenvalue weighted by Gasteiger charge is 2.51. The zero-order chi connectivity index (χ0) is 22.0. The molecule has 2 aromatic carbocycles. The molecule has 0 bridgehead atoms. The number of nitrogens with zero attached hydrogens (tertiary/aromatic N) is 2. The molecule has 1 amide bonds. The molecule has 1 aromatic heterocycles. The summed E-state index contributed by atoms with van der Waals surface area (Å²) in [5.41, 5.74) is 7.24. The molecule has 5 nitrogen and oxygen atoms in total. The van der Waals surface area contributed by atoms with Crippen LogP contribution in [0.1, 0.15) is 49.2 Å². The zero-order valence-corrected chi connectivity index (χ0v) is 18.2. The first kappa shape index (κ1) is 21.0. The first-order valence-corrected chi connectivity index (χ1v) is 10.9. The van der Waals surface area contributed by atoms with Gasteiger partial charge in [-0.3, -0.25) is 9.59 Å². The molecular weight excluding hydrogens is 386 g/mol. The van der Waals surface area contributed by atoms with E-state index in [9.17, 15) is 9.59 Å². The van der Waals surface area contributed by atoms with Crippen molar-refractivity contribution in [1.82, 2.24) is 4.57 Å². The third kappa shape index (κ3) is 3.69. The van der Waals surface area contributed by atoms with Gasteiger partial charge < -0.3 is 5.73 Å². The smallest absolute Gasteiger partial charge is 0.253 e. The summed E-state index contributed by atoms with van der Waals surface area (Å²) in [4.78, 5) is 24.8. The topological polar surface area (TPSA) is 69.0 Å². The van der Waals surface area contributed by atoms with E-state index in [0.717, 1.165) is 36.2 Å². The predicted molar refractivity (Wildman–Crippen MR) is 119 cm³/mol. The highest BCUT2D eigenvalue weighted by Crippen LogP contribution is 2.49. The van der Waals surface area contributed by atoms with E-state index in [0.29, 0.717) is 6.54 Å². The molecule has 0 radical (unpaired) electrons. The number of primary amides is 1. The van der Waals surface area contributed by atoms with E-state index in [2.05, 4.69) is 10.8 Å². The molecule has 1 fully saturated rings. The number of amides is 1. The number of imidazole rings is 1. The minimum absolute atomic E-state index is 0.0860. The van der Waals surface area contributed by atoms with Gasteiger partial charge in [-0.05, 0) is 43.2 Å². The Balaban J connectivity index is 1.74. The van der Waals surface area contributed by atoms with E-state index in [1.165, 1.54) is 0 Å². The van der Waals surface area contributed by atoms with Crippen LogP contribution in [0.3, 0.4) is 0 Å². The number of nitrogens with two attached hydrogens (primary N) is 1. The molecule has 31 heavy (non-hydrogen) atoms. The van der Waals surface area contributed by atoms with Crippen LogP contribution in [-0.4, -0.2) is 16.3 Å². The fourth-order valence-corrected chi connectivity index (χ4v) is 5.44. The predicted octanol–water partition coefficient (Wildman–Crippen LogP) is 3.49. The SMILES string of the molecule is CC(=O)C[n+]1ccn(C2CCC(C(C(N)=O)(c3ccccc3)c3ccccc3)C2)c1C. The first-order valence-electron chi connectivity index (χ1n) is 10.9. The van der Waals surface area contributed by atoms with E-state index < -0.39 is 5.41 Å². The summed E-state index contributed by atoms with van der Waals surface area (Å²) in [6, 6.07) is 20.2. The Morgan fingerprint density at radius 2 is 1.61 bits per heavy atom. The average Bonchev–Trinajstić information content (AvgIpc) is 3.37. The van der Waals surface area contributed by atoms with Gasteiger partial charge in [0, 0.05) is 6.92 Å². The molecular formula is C26H30N3O2+. The number of carbonyl (C=O) groups excluding carboxylic acids is 2. The maximum Gasteiger partial charge on any atom is 0.253 e. The van der Waals surface area contributed by atoms with E-state index in [1.807, 2.05) is 78.4 Å². The van der Waals surface area contributed by atoms with Crippen molar-refractivity contribution in [3.05, 3.63) is 90.0 Å². The van der Waals surface area contributed by atoms with Crippen LogP contribution in [0.15, 0.2) is 73.1 Å². The number of Topliss-reactive ketones (excluding diaryl/α,β-unsaturated/α-hetero) is 1. The van der Waals surface area contributed by atoms with Crippen molar-refractivity contribution in [3.8, 4) is 0 Å². The third-order valence-corrected chi connectivity index (χ3v) is 6.85. The summed E-state index contributed by atoms with van der Waals surface area (Å²) in [6.07, 6.45) is 6.75. The standard InChI is InChI=1S/C26H29N3O2/c1-19(30)18-28-15-16-29(20(28)2)24-14-13-23(17-24)26(25(27)31,21-9-5-3-6-10-21)22-11-7-4-8-12-22/h3-12,15-16,23-24H,13-14,17-18H2,1-2H3,(H-,27,31)/p+1. The van der Waals surface area contributed by atoms with Gasteiger partial charge in [-0.25, -0.2) is 9.13 Å². The van der Waals surface area contributed by atoms with E-state index in [1.54, 1.807) is 6.92 Å². The van der Waals surface area contributed by atoms with Crippen LogP contribution in [0.5, 0.6) is 0 Å². The second kappa shape index (κ2) is 8.50. The van der Waals surface area contributed by atoms with Gasteiger partial charge in [-0.1, -0.05) is 60.7 Å². The third-order valence-electron chi connectivity index (χ3n) is 6.85. The van der Waals surface area contributed by atoms with Gasteiger partial charge in [0.1, 0.15) is 30.4 Å². The lowest BCUT2D eigenvalue weighted by Gasteiger charge is -2.37. The van der Waals surface area contributed by atoms with Crippen molar-refractivity contribution in [2.45, 2.75) is 51.1 Å². The molecule has 1 aliphatic carbocycles. The van der Waals surface area contributed by atoms with Crippen molar-refractivity contribution in [2.75, 3.05) is 0 Å². The lowest BCUT2D eigenvalue weighted by Crippen LogP contribution is -2.47. The van der Waals surface area contributed by atoms with Crippen LogP contribution in [0.4, 0.5) is 0 Å². The fraction of sp³-hybridized carbons (Fsp3) is 0.346. The normalized spacial score (nSPS) is 18.8. The van der Waals surface area contributed by atoms with Crippen LogP contribution in [0, 0.1) is 12.8 Å². The average molecular weight is 417 g/mol. The van der Waals surface area contributed by atoms with Crippen molar-refractivity contribution in [1.29, 1.82) is 0 Å². The number of rotatable bonds is 7. The minimum Gasteiger partial charge on any atom is -0.369 e. The summed E-state index contributed by atoms with van der Waals surface area (Å²) < 4.78 is 4.25. The van der Waals surface area contributed by atoms with Crippen molar-refractivity contribution < 1.29 is 14.2 Å². The van der Waals surface area contributed by atoms with Gasteiger partial charge in [0.25, 0.3) is 5.82 Å². The van der Waals surface area contributed by atoms with E-state index in [4.69, 9.17) is 5.73 Å². The quantitative estimate of drug-likeness (QED) is 0.599. The molecule has 0 saturated heterocycles. The summed E-state index contributed by atoms with van der Waals surface area (Å²) in [5, 5.41) is 0. The molecule has 2 unspecified atom stereocenters. The number of ketones is 1. The monoisotopic (exact) mass is 416 g/mol. The van der Waals surface area contributed by atoms with E-state index >= 15 is 0 Å². The molecule has 3 aromatic rings. The summed E-state index contributed by atoms with van der Waals surface area (Å²) in [7, 11) is 0. The highest BCUT2D eigenvalue weighted by molar-refractivity contribution is 5.91. The van der Waals surface area contributed by atoms with Crippen LogP contribution >= 0.6 is 0 Å². The van der Waals surface area contributed by atoms with E-state index in [-0.39, 0.29) is 23.7 Å². The van der Waals surface area contributed by atoms with Crippen LogP contribution in [0.2, 0.25) is 0 Å². The maximum absolute atomic E-state index is 13.2. The number of aromatic nitrogens is 2. The Bertz CT molecular complexity index is 1030. The molecule has 1 saturated carbocycles. The molecule has 0 spiro atoms. The number of carbonyl (C=O) groups is 2. The summed E-state index contributed by atoms with van der Waals surface area (Å²) in [6.45, 7) is 4.04. The zero-order valence-electron chi connectivity index (χ0n) is 18.2. The maximum atomic E-state index is 13.2. The molecule has 5 heteroatoms. The Morgan fingerprint density at radius 3 is 2.13 bits per heavy atom. The largest absolute Gasteiger partial charge is 0.369 e. The summed E-state index contributed by atoms with van der Waals surface area (Å²) in [5.74, 6) is 0.982. The molecule has 1 aliphatic rings. The molecule has 0 aliphatic heterocycles. The van der Waals surface area contributed by atoms with Crippen LogP contribution < -0.4 is 10.3 Å². The van der Waals surface area contributed by atoms with Gasteiger partial charge in [0.05, 0.1) is 0 Å². The molecule has 2 N–H and O–H groups in total. The fourth-order valence-electron chi connectivity index (χ4n) is 5.44. The lowest BCUT2D eigenvalue weighted by atomic mass is 9.64. The Kier molecular flexibility index (Phi) is 5.77. The van der Waals surface area contributed by atoms with Crippen molar-refractivity contribution in [2.24, 2.45) is 11.7 Å². The molecule has 4 rings (SSSR count). The lowest BCUT2D eigenvalue weighted by molar-refractivity contribution is -0.689. The van der Waals surface area contributed by atoms with Gasteiger partial charge in [0.2, 0.25) is 5.91 Å². The molecule has 1 heterocycles.